The molecule has 0 radical (unpaired) electrons. The van der Waals surface area contributed by atoms with Crippen LogP contribution in [0.4, 0.5) is 4.79 Å². The van der Waals surface area contributed by atoms with E-state index in [0.29, 0.717) is 56.4 Å². The van der Waals surface area contributed by atoms with Gasteiger partial charge in [0.15, 0.2) is 11.5 Å². The molecule has 9 nitrogen and oxygen atoms in total. The lowest BCUT2D eigenvalue weighted by atomic mass is 10.1. The summed E-state index contributed by atoms with van der Waals surface area (Å²) in [5.41, 5.74) is 0.536. The summed E-state index contributed by atoms with van der Waals surface area (Å²) in [6.07, 6.45) is 1.70. The SMILES string of the molecule is CCNC(=O)N1CCOC(CN(CC2CCCO2)C(=O)c2ccc3c(c2)OCO3)C1. The van der Waals surface area contributed by atoms with Crippen LogP contribution in [0.3, 0.4) is 0 Å². The van der Waals surface area contributed by atoms with Gasteiger partial charge in [0.25, 0.3) is 5.91 Å². The van der Waals surface area contributed by atoms with E-state index in [-0.39, 0.29) is 30.9 Å². The zero-order valence-corrected chi connectivity index (χ0v) is 17.3. The Labute approximate surface area is 176 Å². The molecule has 1 N–H and O–H groups in total. The first-order valence-electron chi connectivity index (χ1n) is 10.6. The molecule has 0 saturated carbocycles. The molecule has 0 spiro atoms. The van der Waals surface area contributed by atoms with E-state index in [2.05, 4.69) is 5.32 Å². The zero-order valence-electron chi connectivity index (χ0n) is 17.3. The van der Waals surface area contributed by atoms with Crippen molar-refractivity contribution in [2.75, 3.05) is 52.7 Å². The van der Waals surface area contributed by atoms with Gasteiger partial charge in [-0.2, -0.15) is 0 Å². The zero-order chi connectivity index (χ0) is 20.9. The molecule has 2 fully saturated rings. The summed E-state index contributed by atoms with van der Waals surface area (Å²) >= 11 is 0. The van der Waals surface area contributed by atoms with Crippen molar-refractivity contribution >= 4 is 11.9 Å². The molecular weight excluding hydrogens is 390 g/mol. The molecule has 0 aromatic heterocycles. The number of nitrogens with zero attached hydrogens (tertiary/aromatic N) is 2. The molecule has 2 saturated heterocycles. The first-order chi connectivity index (χ1) is 14.6. The van der Waals surface area contributed by atoms with Gasteiger partial charge in [-0.3, -0.25) is 4.79 Å². The highest BCUT2D eigenvalue weighted by atomic mass is 16.7. The number of urea groups is 1. The molecule has 3 aliphatic rings. The van der Waals surface area contributed by atoms with Gasteiger partial charge in [0.2, 0.25) is 6.79 Å². The van der Waals surface area contributed by atoms with Crippen LogP contribution >= 0.6 is 0 Å². The van der Waals surface area contributed by atoms with Crippen LogP contribution in [-0.4, -0.2) is 86.7 Å². The van der Waals surface area contributed by atoms with Gasteiger partial charge in [-0.1, -0.05) is 0 Å². The lowest BCUT2D eigenvalue weighted by molar-refractivity contribution is -0.0328. The summed E-state index contributed by atoms with van der Waals surface area (Å²) in [7, 11) is 0. The van der Waals surface area contributed by atoms with Crippen LogP contribution in [0.1, 0.15) is 30.1 Å². The van der Waals surface area contributed by atoms with Crippen molar-refractivity contribution in [1.29, 1.82) is 0 Å². The first-order valence-corrected chi connectivity index (χ1v) is 10.6. The molecular formula is C21H29N3O6. The van der Waals surface area contributed by atoms with Crippen molar-refractivity contribution in [2.45, 2.75) is 32.0 Å². The number of fused-ring (bicyclic) bond motifs is 1. The maximum Gasteiger partial charge on any atom is 0.317 e. The highest BCUT2D eigenvalue weighted by molar-refractivity contribution is 5.95. The van der Waals surface area contributed by atoms with E-state index in [0.717, 1.165) is 19.4 Å². The monoisotopic (exact) mass is 419 g/mol. The quantitative estimate of drug-likeness (QED) is 0.751. The summed E-state index contributed by atoms with van der Waals surface area (Å²) in [5, 5.41) is 2.83. The molecule has 2 atom stereocenters. The van der Waals surface area contributed by atoms with Gasteiger partial charge in [0.05, 0.1) is 25.4 Å². The highest BCUT2D eigenvalue weighted by Gasteiger charge is 2.30. The second kappa shape index (κ2) is 9.53. The van der Waals surface area contributed by atoms with E-state index in [1.165, 1.54) is 0 Å². The fourth-order valence-electron chi connectivity index (χ4n) is 4.01. The predicted octanol–water partition coefficient (Wildman–Crippen LogP) is 1.47. The van der Waals surface area contributed by atoms with Crippen molar-refractivity contribution in [2.24, 2.45) is 0 Å². The normalized spacial score (nSPS) is 22.8. The number of ether oxygens (including phenoxy) is 4. The van der Waals surface area contributed by atoms with Crippen molar-refractivity contribution in [3.8, 4) is 11.5 Å². The van der Waals surface area contributed by atoms with Gasteiger partial charge >= 0.3 is 6.03 Å². The third-order valence-corrected chi connectivity index (χ3v) is 5.53. The van der Waals surface area contributed by atoms with E-state index in [1.807, 2.05) is 6.92 Å². The molecule has 3 amide bonds. The average Bonchev–Trinajstić information content (AvgIpc) is 3.44. The van der Waals surface area contributed by atoms with E-state index < -0.39 is 0 Å². The van der Waals surface area contributed by atoms with Crippen LogP contribution < -0.4 is 14.8 Å². The molecule has 1 aromatic carbocycles. The molecule has 3 heterocycles. The van der Waals surface area contributed by atoms with Crippen molar-refractivity contribution < 1.29 is 28.5 Å². The number of amides is 3. The molecule has 164 valence electrons. The number of benzene rings is 1. The van der Waals surface area contributed by atoms with Crippen LogP contribution in [0.15, 0.2) is 18.2 Å². The van der Waals surface area contributed by atoms with E-state index in [1.54, 1.807) is 28.0 Å². The number of hydrogen-bond acceptors (Lipinski definition) is 6. The van der Waals surface area contributed by atoms with Crippen LogP contribution in [0.5, 0.6) is 11.5 Å². The van der Waals surface area contributed by atoms with Crippen LogP contribution in [0.25, 0.3) is 0 Å². The maximum absolute atomic E-state index is 13.3. The Morgan fingerprint density at radius 3 is 2.73 bits per heavy atom. The largest absolute Gasteiger partial charge is 0.454 e. The van der Waals surface area contributed by atoms with E-state index >= 15 is 0 Å². The van der Waals surface area contributed by atoms with Gasteiger partial charge in [-0.25, -0.2) is 4.79 Å². The second-order valence-electron chi connectivity index (χ2n) is 7.69. The summed E-state index contributed by atoms with van der Waals surface area (Å²) < 4.78 is 22.4. The smallest absolute Gasteiger partial charge is 0.317 e. The highest BCUT2D eigenvalue weighted by Crippen LogP contribution is 2.33. The average molecular weight is 419 g/mol. The molecule has 30 heavy (non-hydrogen) atoms. The van der Waals surface area contributed by atoms with Gasteiger partial charge in [-0.15, -0.1) is 0 Å². The minimum absolute atomic E-state index is 0.0195. The number of nitrogens with one attached hydrogen (secondary N) is 1. The Balaban J connectivity index is 1.46. The molecule has 4 rings (SSSR count). The predicted molar refractivity (Wildman–Crippen MR) is 108 cm³/mol. The summed E-state index contributed by atoms with van der Waals surface area (Å²) in [6, 6.07) is 5.13. The van der Waals surface area contributed by atoms with E-state index in [4.69, 9.17) is 18.9 Å². The summed E-state index contributed by atoms with van der Waals surface area (Å²) in [4.78, 5) is 29.1. The Morgan fingerprint density at radius 2 is 1.93 bits per heavy atom. The Hall–Kier alpha value is -2.52. The number of hydrogen-bond donors (Lipinski definition) is 1. The van der Waals surface area contributed by atoms with Crippen LogP contribution in [-0.2, 0) is 9.47 Å². The third-order valence-electron chi connectivity index (χ3n) is 5.53. The maximum atomic E-state index is 13.3. The lowest BCUT2D eigenvalue weighted by Crippen LogP contribution is -2.53. The van der Waals surface area contributed by atoms with Gasteiger partial charge in [-0.05, 0) is 38.0 Å². The van der Waals surface area contributed by atoms with Crippen molar-refractivity contribution in [1.82, 2.24) is 15.1 Å². The summed E-state index contributed by atoms with van der Waals surface area (Å²) in [6.45, 7) is 5.69. The van der Waals surface area contributed by atoms with Gasteiger partial charge in [0.1, 0.15) is 0 Å². The topological polar surface area (TPSA) is 89.6 Å². The molecule has 1 aromatic rings. The number of carbonyl (C=O) groups is 2. The molecule has 0 bridgehead atoms. The minimum atomic E-state index is -0.249. The molecule has 9 heteroatoms. The fraction of sp³-hybridized carbons (Fsp3) is 0.619. The number of rotatable bonds is 6. The standard InChI is InChI=1S/C21H29N3O6/c1-2-22-21(26)23-7-9-28-17(12-23)13-24(11-16-4-3-8-27-16)20(25)15-5-6-18-19(10-15)30-14-29-18/h5-6,10,16-17H,2-4,7-9,11-14H2,1H3,(H,22,26). The van der Waals surface area contributed by atoms with E-state index in [9.17, 15) is 9.59 Å². The lowest BCUT2D eigenvalue weighted by Gasteiger charge is -2.36. The van der Waals surface area contributed by atoms with Gasteiger partial charge < -0.3 is 34.1 Å². The van der Waals surface area contributed by atoms with Crippen molar-refractivity contribution in [3.05, 3.63) is 23.8 Å². The molecule has 2 unspecified atom stereocenters. The fourth-order valence-corrected chi connectivity index (χ4v) is 4.01. The van der Waals surface area contributed by atoms with Crippen LogP contribution in [0.2, 0.25) is 0 Å². The second-order valence-corrected chi connectivity index (χ2v) is 7.69. The van der Waals surface area contributed by atoms with Crippen LogP contribution in [0, 0.1) is 0 Å². The van der Waals surface area contributed by atoms with Gasteiger partial charge in [0, 0.05) is 38.3 Å². The third kappa shape index (κ3) is 4.79. The summed E-state index contributed by atoms with van der Waals surface area (Å²) in [5.74, 6) is 1.11. The minimum Gasteiger partial charge on any atom is -0.454 e. The molecule has 3 aliphatic heterocycles. The Kier molecular flexibility index (Phi) is 6.59. The van der Waals surface area contributed by atoms with Crippen molar-refractivity contribution in [3.63, 3.8) is 0 Å². The Bertz CT molecular complexity index is 767. The Morgan fingerprint density at radius 1 is 1.13 bits per heavy atom. The first kappa shape index (κ1) is 20.7. The number of morpholine rings is 1. The molecule has 0 aliphatic carbocycles. The number of carbonyl (C=O) groups excluding carboxylic acids is 2.